The summed E-state index contributed by atoms with van der Waals surface area (Å²) in [6, 6.07) is 8.01. The Hall–Kier alpha value is -1.10. The molecule has 1 aromatic carbocycles. The van der Waals surface area contributed by atoms with Crippen molar-refractivity contribution >= 4 is 8.32 Å². The zero-order valence-corrected chi connectivity index (χ0v) is 19.0. The Balaban J connectivity index is 2.60. The molecule has 0 aliphatic rings. The zero-order valence-electron chi connectivity index (χ0n) is 18.0. The van der Waals surface area contributed by atoms with Crippen molar-refractivity contribution in [1.82, 2.24) is 0 Å². The van der Waals surface area contributed by atoms with E-state index in [2.05, 4.69) is 54.5 Å². The Morgan fingerprint density at radius 2 is 1.46 bits per heavy atom. The van der Waals surface area contributed by atoms with Gasteiger partial charge in [0.15, 0.2) is 0 Å². The van der Waals surface area contributed by atoms with Gasteiger partial charge in [-0.3, -0.25) is 0 Å². The maximum Gasteiger partial charge on any atom is 0.200 e. The van der Waals surface area contributed by atoms with Crippen molar-refractivity contribution in [3.63, 3.8) is 0 Å². The van der Waals surface area contributed by atoms with E-state index in [0.29, 0.717) is 36.4 Å². The lowest BCUT2D eigenvalue weighted by Gasteiger charge is -2.42. The van der Waals surface area contributed by atoms with Gasteiger partial charge in [-0.05, 0) is 46.8 Å². The van der Waals surface area contributed by atoms with E-state index >= 15 is 0 Å². The first-order chi connectivity index (χ1) is 12.3. The highest BCUT2D eigenvalue weighted by molar-refractivity contribution is 6.77. The number of allylic oxidation sites excluding steroid dienone is 1. The van der Waals surface area contributed by atoms with Crippen molar-refractivity contribution in [2.75, 3.05) is 20.3 Å². The van der Waals surface area contributed by atoms with Crippen LogP contribution in [0.3, 0.4) is 0 Å². The molecule has 0 saturated heterocycles. The number of rotatable bonds is 11. The lowest BCUT2D eigenvalue weighted by atomic mass is 10.2. The molecule has 0 aromatic heterocycles. The molecule has 3 nitrogen and oxygen atoms in total. The highest BCUT2D eigenvalue weighted by Crippen LogP contribution is 2.42. The van der Waals surface area contributed by atoms with Crippen LogP contribution in [0.2, 0.25) is 16.6 Å². The summed E-state index contributed by atoms with van der Waals surface area (Å²) in [7, 11) is -0.151. The molecule has 1 rings (SSSR count). The molecular weight excluding hydrogens is 340 g/mol. The van der Waals surface area contributed by atoms with Gasteiger partial charge in [0.25, 0.3) is 0 Å². The molecule has 1 aromatic rings. The highest BCUT2D eigenvalue weighted by atomic mass is 28.4. The smallest absolute Gasteiger partial charge is 0.200 e. The highest BCUT2D eigenvalue weighted by Gasteiger charge is 2.44. The van der Waals surface area contributed by atoms with E-state index in [1.165, 1.54) is 5.57 Å². The summed E-state index contributed by atoms with van der Waals surface area (Å²) in [6.45, 7) is 17.9. The van der Waals surface area contributed by atoms with Crippen molar-refractivity contribution in [3.05, 3.63) is 41.5 Å². The summed E-state index contributed by atoms with van der Waals surface area (Å²) in [5.74, 6) is 0.869. The van der Waals surface area contributed by atoms with Crippen LogP contribution in [0.5, 0.6) is 5.75 Å². The molecule has 0 unspecified atom stereocenters. The number of ether oxygens (including phenoxy) is 2. The van der Waals surface area contributed by atoms with Crippen molar-refractivity contribution in [2.24, 2.45) is 0 Å². The second-order valence-electron chi connectivity index (χ2n) is 7.89. The third kappa shape index (κ3) is 5.97. The Morgan fingerprint density at radius 1 is 0.923 bits per heavy atom. The molecule has 0 saturated carbocycles. The molecule has 26 heavy (non-hydrogen) atoms. The molecule has 4 heteroatoms. The van der Waals surface area contributed by atoms with Crippen LogP contribution < -0.4 is 4.74 Å². The number of benzene rings is 1. The minimum atomic E-state index is -1.83. The second-order valence-corrected chi connectivity index (χ2v) is 13.4. The monoisotopic (exact) mass is 378 g/mol. The first-order valence-corrected chi connectivity index (χ1v) is 11.9. The molecule has 0 amide bonds. The summed E-state index contributed by atoms with van der Waals surface area (Å²) >= 11 is 0. The van der Waals surface area contributed by atoms with Crippen LogP contribution in [0.25, 0.3) is 0 Å². The van der Waals surface area contributed by atoms with E-state index < -0.39 is 8.32 Å². The lowest BCUT2D eigenvalue weighted by molar-refractivity contribution is 0.134. The van der Waals surface area contributed by atoms with Gasteiger partial charge in [0.2, 0.25) is 8.32 Å². The summed E-state index contributed by atoms with van der Waals surface area (Å²) < 4.78 is 17.8. The maximum atomic E-state index is 6.67. The molecule has 0 atom stereocenters. The van der Waals surface area contributed by atoms with E-state index in [0.717, 1.165) is 11.3 Å². The predicted octanol–water partition coefficient (Wildman–Crippen LogP) is 6.35. The average Bonchev–Trinajstić information content (AvgIpc) is 2.60. The van der Waals surface area contributed by atoms with Gasteiger partial charge >= 0.3 is 0 Å². The van der Waals surface area contributed by atoms with Gasteiger partial charge in [-0.1, -0.05) is 59.8 Å². The average molecular weight is 379 g/mol. The standard InChI is InChI=1S/C22H38O3Si/c1-9-20(14-24-15-21-10-12-22(23-8)13-11-21)16-25-26(17(2)3,18(4)5)19(6)7/h9-13,17-19H,14-16H2,1-8H3/b20-9-. The Labute approximate surface area is 161 Å². The first-order valence-electron chi connectivity index (χ1n) is 9.76. The van der Waals surface area contributed by atoms with Crippen molar-refractivity contribution in [1.29, 1.82) is 0 Å². The summed E-state index contributed by atoms with van der Waals surface area (Å²) in [5.41, 5.74) is 4.16. The van der Waals surface area contributed by atoms with Gasteiger partial charge in [0.1, 0.15) is 5.75 Å². The quantitative estimate of drug-likeness (QED) is 0.332. The number of hydrogen-bond donors (Lipinski definition) is 0. The van der Waals surface area contributed by atoms with E-state index in [-0.39, 0.29) is 0 Å². The lowest BCUT2D eigenvalue weighted by Crippen LogP contribution is -2.48. The van der Waals surface area contributed by atoms with Crippen molar-refractivity contribution in [2.45, 2.75) is 71.7 Å². The van der Waals surface area contributed by atoms with Crippen LogP contribution in [0.15, 0.2) is 35.9 Å². The molecule has 0 radical (unpaired) electrons. The molecular formula is C22H38O3Si. The topological polar surface area (TPSA) is 27.7 Å². The minimum absolute atomic E-state index is 0.598. The van der Waals surface area contributed by atoms with Crippen LogP contribution in [-0.2, 0) is 15.8 Å². The van der Waals surface area contributed by atoms with Gasteiger partial charge in [-0.2, -0.15) is 0 Å². The molecule has 0 heterocycles. The van der Waals surface area contributed by atoms with E-state index in [1.54, 1.807) is 7.11 Å². The second kappa shape index (κ2) is 10.9. The number of hydrogen-bond acceptors (Lipinski definition) is 3. The molecule has 0 spiro atoms. The summed E-state index contributed by atoms with van der Waals surface area (Å²) in [4.78, 5) is 0. The van der Waals surface area contributed by atoms with E-state index in [9.17, 15) is 0 Å². The van der Waals surface area contributed by atoms with Crippen molar-refractivity contribution < 1.29 is 13.9 Å². The third-order valence-electron chi connectivity index (χ3n) is 5.34. The van der Waals surface area contributed by atoms with Crippen LogP contribution >= 0.6 is 0 Å². The summed E-state index contributed by atoms with van der Waals surface area (Å²) in [6.07, 6.45) is 2.13. The molecule has 0 aliphatic heterocycles. The fraction of sp³-hybridized carbons (Fsp3) is 0.636. The third-order valence-corrected chi connectivity index (χ3v) is 11.4. The van der Waals surface area contributed by atoms with Crippen LogP contribution in [0.1, 0.15) is 54.0 Å². The molecule has 0 N–H and O–H groups in total. The van der Waals surface area contributed by atoms with Crippen LogP contribution in [0, 0.1) is 0 Å². The van der Waals surface area contributed by atoms with Gasteiger partial charge in [0, 0.05) is 0 Å². The molecule has 0 aliphatic carbocycles. The fourth-order valence-corrected chi connectivity index (χ4v) is 9.38. The molecule has 0 fully saturated rings. The Kier molecular flexibility index (Phi) is 9.62. The minimum Gasteiger partial charge on any atom is -0.497 e. The van der Waals surface area contributed by atoms with Gasteiger partial charge < -0.3 is 13.9 Å². The Bertz CT molecular complexity index is 525. The summed E-state index contributed by atoms with van der Waals surface area (Å²) in [5, 5.41) is 0. The van der Waals surface area contributed by atoms with E-state index in [1.807, 2.05) is 24.3 Å². The fourth-order valence-electron chi connectivity index (χ4n) is 3.95. The van der Waals surface area contributed by atoms with Gasteiger partial charge in [-0.15, -0.1) is 0 Å². The van der Waals surface area contributed by atoms with Gasteiger partial charge in [-0.25, -0.2) is 0 Å². The maximum absolute atomic E-state index is 6.67. The molecule has 148 valence electrons. The van der Waals surface area contributed by atoms with Gasteiger partial charge in [0.05, 0.1) is 26.9 Å². The van der Waals surface area contributed by atoms with Crippen LogP contribution in [0.4, 0.5) is 0 Å². The van der Waals surface area contributed by atoms with E-state index in [4.69, 9.17) is 13.9 Å². The first kappa shape index (κ1) is 22.9. The van der Waals surface area contributed by atoms with Crippen molar-refractivity contribution in [3.8, 4) is 5.75 Å². The largest absolute Gasteiger partial charge is 0.497 e. The zero-order chi connectivity index (χ0) is 19.7. The number of methoxy groups -OCH3 is 1. The predicted molar refractivity (Wildman–Crippen MR) is 113 cm³/mol. The SMILES string of the molecule is C/C=C(/COCc1ccc(OC)cc1)CO[Si](C(C)C)(C(C)C)C(C)C. The van der Waals surface area contributed by atoms with Crippen LogP contribution in [-0.4, -0.2) is 28.6 Å². The normalized spacial score (nSPS) is 13.1. The Morgan fingerprint density at radius 3 is 1.88 bits per heavy atom. The molecule has 0 bridgehead atoms.